The van der Waals surface area contributed by atoms with E-state index in [1.54, 1.807) is 7.11 Å². The van der Waals surface area contributed by atoms with E-state index in [4.69, 9.17) is 4.74 Å². The number of quaternary nitrogens is 1. The van der Waals surface area contributed by atoms with Crippen molar-refractivity contribution in [3.05, 3.63) is 54.1 Å². The van der Waals surface area contributed by atoms with Crippen LogP contribution in [0, 0.1) is 0 Å². The summed E-state index contributed by atoms with van der Waals surface area (Å²) in [6.45, 7) is 0.978. The zero-order chi connectivity index (χ0) is 25.8. The number of rotatable bonds is 13. The molecular formula is C28H43N4O3S+. The second-order valence-electron chi connectivity index (χ2n) is 9.98. The summed E-state index contributed by atoms with van der Waals surface area (Å²) in [5, 5.41) is 13.6. The molecule has 0 saturated heterocycles. The second-order valence-corrected chi connectivity index (χ2v) is 10.9. The van der Waals surface area contributed by atoms with E-state index in [1.807, 2.05) is 24.3 Å². The van der Waals surface area contributed by atoms with Gasteiger partial charge in [0, 0.05) is 24.1 Å². The number of anilines is 1. The van der Waals surface area contributed by atoms with Gasteiger partial charge in [-0.1, -0.05) is 56.0 Å². The first-order valence-electron chi connectivity index (χ1n) is 13.0. The number of nitrogens with one attached hydrogen (secondary N) is 2. The smallest absolute Gasteiger partial charge is 0.262 e. The van der Waals surface area contributed by atoms with Gasteiger partial charge in [0.25, 0.3) is 5.91 Å². The van der Waals surface area contributed by atoms with Gasteiger partial charge in [0.2, 0.25) is 0 Å². The molecule has 0 aliphatic heterocycles. The van der Waals surface area contributed by atoms with Gasteiger partial charge < -0.3 is 15.0 Å². The molecule has 0 spiro atoms. The average Bonchev–Trinajstić information content (AvgIpc) is 3.16. The fourth-order valence-corrected chi connectivity index (χ4v) is 5.49. The van der Waals surface area contributed by atoms with E-state index in [1.165, 1.54) is 17.5 Å². The molecule has 1 aliphatic carbocycles. The zero-order valence-electron chi connectivity index (χ0n) is 22.0. The third-order valence-corrected chi connectivity index (χ3v) is 7.83. The normalized spacial score (nSPS) is 16.4. The monoisotopic (exact) mass is 515 g/mol. The summed E-state index contributed by atoms with van der Waals surface area (Å²) in [6, 6.07) is 16.7. The maximum atomic E-state index is 13.0. The number of hydrogen-bond donors (Lipinski definition) is 4. The van der Waals surface area contributed by atoms with Gasteiger partial charge in [-0.3, -0.25) is 9.52 Å². The molecule has 0 bridgehead atoms. The molecule has 0 aromatic heterocycles. The minimum absolute atomic E-state index is 0.0710. The van der Waals surface area contributed by atoms with Crippen LogP contribution in [0.25, 0.3) is 0 Å². The van der Waals surface area contributed by atoms with Crippen molar-refractivity contribution < 1.29 is 20.2 Å². The summed E-state index contributed by atoms with van der Waals surface area (Å²) in [4.78, 5) is 16.1. The van der Waals surface area contributed by atoms with Crippen LogP contribution in [0.2, 0.25) is 0 Å². The van der Waals surface area contributed by atoms with E-state index >= 15 is 0 Å². The Hall–Kier alpha value is -2.10. The van der Waals surface area contributed by atoms with Crippen molar-refractivity contribution >= 4 is 29.2 Å². The Labute approximate surface area is 220 Å². The van der Waals surface area contributed by atoms with Crippen molar-refractivity contribution in [3.63, 3.8) is 0 Å². The van der Waals surface area contributed by atoms with Crippen LogP contribution >= 0.6 is 11.9 Å². The van der Waals surface area contributed by atoms with Crippen LogP contribution in [-0.4, -0.2) is 55.4 Å². The maximum Gasteiger partial charge on any atom is 0.262 e. The summed E-state index contributed by atoms with van der Waals surface area (Å²) < 4.78 is 8.73. The number of benzene rings is 2. The Morgan fingerprint density at radius 2 is 1.83 bits per heavy atom. The third kappa shape index (κ3) is 8.49. The maximum absolute atomic E-state index is 13.0. The van der Waals surface area contributed by atoms with E-state index < -0.39 is 5.60 Å². The number of carbonyl (C=O) groups excluding carboxylic acids is 1. The number of nitrogens with zero attached hydrogens (tertiary/aromatic N) is 1. The number of amides is 1. The zero-order valence-corrected chi connectivity index (χ0v) is 22.8. The summed E-state index contributed by atoms with van der Waals surface area (Å²) in [5.41, 5.74) is 3.32. The molecule has 5 N–H and O–H groups in total. The first-order valence-corrected chi connectivity index (χ1v) is 13.9. The predicted octanol–water partition coefficient (Wildman–Crippen LogP) is 4.50. The molecule has 8 heteroatoms. The first kappa shape index (κ1) is 28.5. The Kier molecular flexibility index (Phi) is 11.5. The number of hydrogen-bond acceptors (Lipinski definition) is 6. The highest BCUT2D eigenvalue weighted by Crippen LogP contribution is 2.32. The standard InChI is InChI=1S/C28H42N4O3S/c1-32(2)20-17-23(14-13-22-11-7-6-8-12-22)29-25-16-15-24(21-26(25)30-34)36-31-27(33)28(35-3)18-9-4-5-10-19-28/h6-8,11-12,15-16,21,23,29-30,34H,4-5,9-10,13-14,17-20H2,1-3H3,(H,31,33)/p+1. The SMILES string of the molecule is COC1(C(=O)NSc2ccc(NC(CCc3ccccc3)CCN(C)C)c([NH2+]O)c2)CCCCCC1. The van der Waals surface area contributed by atoms with Gasteiger partial charge in [0.15, 0.2) is 5.69 Å². The van der Waals surface area contributed by atoms with Gasteiger partial charge in [-0.25, -0.2) is 5.21 Å². The van der Waals surface area contributed by atoms with Gasteiger partial charge in [0.1, 0.15) is 5.60 Å². The van der Waals surface area contributed by atoms with Crippen LogP contribution in [0.5, 0.6) is 0 Å². The van der Waals surface area contributed by atoms with E-state index in [2.05, 4.69) is 53.3 Å². The summed E-state index contributed by atoms with van der Waals surface area (Å²) in [7, 11) is 5.81. The summed E-state index contributed by atoms with van der Waals surface area (Å²) in [6.07, 6.45) is 8.81. The molecule has 1 aliphatic rings. The largest absolute Gasteiger partial charge is 0.377 e. The second kappa shape index (κ2) is 14.6. The number of carbonyl (C=O) groups is 1. The highest BCUT2D eigenvalue weighted by Gasteiger charge is 2.38. The van der Waals surface area contributed by atoms with Gasteiger partial charge in [-0.05, 0) is 82.4 Å². The molecule has 3 rings (SSSR count). The molecular weight excluding hydrogens is 472 g/mol. The molecule has 1 saturated carbocycles. The number of nitrogens with two attached hydrogens (primary N) is 1. The van der Waals surface area contributed by atoms with Crippen LogP contribution < -0.4 is 15.5 Å². The van der Waals surface area contributed by atoms with E-state index in [-0.39, 0.29) is 11.9 Å². The Balaban J connectivity index is 1.64. The molecule has 0 radical (unpaired) electrons. The van der Waals surface area contributed by atoms with E-state index in [9.17, 15) is 10.0 Å². The number of aryl methyl sites for hydroxylation is 1. The molecule has 1 amide bonds. The van der Waals surface area contributed by atoms with Gasteiger partial charge in [-0.2, -0.15) is 5.48 Å². The predicted molar refractivity (Wildman–Crippen MR) is 147 cm³/mol. The molecule has 36 heavy (non-hydrogen) atoms. The lowest BCUT2D eigenvalue weighted by Gasteiger charge is -2.29. The Morgan fingerprint density at radius 3 is 2.47 bits per heavy atom. The molecule has 1 unspecified atom stereocenters. The van der Waals surface area contributed by atoms with Crippen molar-refractivity contribution in [1.82, 2.24) is 9.62 Å². The summed E-state index contributed by atoms with van der Waals surface area (Å²) in [5.74, 6) is -0.0710. The lowest BCUT2D eigenvalue weighted by Crippen LogP contribution is -2.74. The molecule has 1 fully saturated rings. The highest BCUT2D eigenvalue weighted by atomic mass is 32.2. The average molecular weight is 516 g/mol. The number of ether oxygens (including phenoxy) is 1. The van der Waals surface area contributed by atoms with Crippen LogP contribution in [-0.2, 0) is 16.0 Å². The molecule has 2 aromatic rings. The quantitative estimate of drug-likeness (QED) is 0.136. The molecule has 7 nitrogen and oxygen atoms in total. The van der Waals surface area contributed by atoms with Gasteiger partial charge in [0.05, 0.1) is 5.69 Å². The van der Waals surface area contributed by atoms with Crippen LogP contribution in [0.15, 0.2) is 53.4 Å². The molecule has 198 valence electrons. The highest BCUT2D eigenvalue weighted by molar-refractivity contribution is 7.98. The topological polar surface area (TPSA) is 90.4 Å². The molecule has 0 heterocycles. The van der Waals surface area contributed by atoms with Crippen molar-refractivity contribution in [2.24, 2.45) is 0 Å². The van der Waals surface area contributed by atoms with Crippen LogP contribution in [0.3, 0.4) is 0 Å². The van der Waals surface area contributed by atoms with E-state index in [0.29, 0.717) is 5.69 Å². The van der Waals surface area contributed by atoms with Crippen molar-refractivity contribution in [1.29, 1.82) is 0 Å². The van der Waals surface area contributed by atoms with Crippen LogP contribution in [0.1, 0.15) is 56.9 Å². The van der Waals surface area contributed by atoms with Gasteiger partial charge >= 0.3 is 0 Å². The van der Waals surface area contributed by atoms with Crippen LogP contribution in [0.4, 0.5) is 11.4 Å². The lowest BCUT2D eigenvalue weighted by atomic mass is 9.93. The third-order valence-electron chi connectivity index (χ3n) is 7.05. The minimum Gasteiger partial charge on any atom is -0.377 e. The summed E-state index contributed by atoms with van der Waals surface area (Å²) >= 11 is 1.28. The molecule has 1 atom stereocenters. The van der Waals surface area contributed by atoms with Crippen molar-refractivity contribution in [2.75, 3.05) is 33.1 Å². The lowest BCUT2D eigenvalue weighted by molar-refractivity contribution is -0.825. The first-order chi connectivity index (χ1) is 17.5. The van der Waals surface area contributed by atoms with E-state index in [0.717, 1.165) is 80.4 Å². The molecule has 2 aromatic carbocycles. The number of methoxy groups -OCH3 is 1. The fourth-order valence-electron chi connectivity index (χ4n) is 4.77. The fraction of sp³-hybridized carbons (Fsp3) is 0.536. The Morgan fingerprint density at radius 1 is 1.11 bits per heavy atom. The van der Waals surface area contributed by atoms with Gasteiger partial charge in [-0.15, -0.1) is 0 Å². The van der Waals surface area contributed by atoms with Crippen molar-refractivity contribution in [3.8, 4) is 0 Å². The Bertz CT molecular complexity index is 934. The van der Waals surface area contributed by atoms with Crippen molar-refractivity contribution in [2.45, 2.75) is 74.3 Å². The minimum atomic E-state index is -0.741.